The number of thiophene rings is 1. The van der Waals surface area contributed by atoms with Gasteiger partial charge in [0.15, 0.2) is 0 Å². The van der Waals surface area contributed by atoms with Crippen LogP contribution in [0.15, 0.2) is 53.9 Å². The van der Waals surface area contributed by atoms with Crippen molar-refractivity contribution in [3.63, 3.8) is 0 Å². The first-order valence-corrected chi connectivity index (χ1v) is 9.68. The maximum atomic E-state index is 12.2. The van der Waals surface area contributed by atoms with E-state index in [1.165, 1.54) is 16.9 Å². The Morgan fingerprint density at radius 3 is 2.54 bits per heavy atom. The third-order valence-electron chi connectivity index (χ3n) is 4.48. The summed E-state index contributed by atoms with van der Waals surface area (Å²) in [6.07, 6.45) is 5.90. The van der Waals surface area contributed by atoms with E-state index in [9.17, 15) is 9.59 Å². The highest BCUT2D eigenvalue weighted by molar-refractivity contribution is 7.12. The van der Waals surface area contributed by atoms with E-state index < -0.39 is 0 Å². The Bertz CT molecular complexity index is 736. The van der Waals surface area contributed by atoms with Gasteiger partial charge in [0, 0.05) is 12.5 Å². The van der Waals surface area contributed by atoms with Crippen molar-refractivity contribution in [2.24, 2.45) is 5.92 Å². The number of hydrazine groups is 1. The molecule has 1 aliphatic heterocycles. The summed E-state index contributed by atoms with van der Waals surface area (Å²) in [7, 11) is 0. The van der Waals surface area contributed by atoms with Crippen molar-refractivity contribution in [2.75, 3.05) is 19.6 Å². The molecular weight excluding hydrogens is 346 g/mol. The van der Waals surface area contributed by atoms with E-state index in [1.54, 1.807) is 6.07 Å². The molecule has 0 bridgehead atoms. The lowest BCUT2D eigenvalue weighted by Crippen LogP contribution is -2.47. The van der Waals surface area contributed by atoms with E-state index in [2.05, 4.69) is 40.0 Å². The van der Waals surface area contributed by atoms with Gasteiger partial charge in [-0.25, -0.2) is 0 Å². The molecule has 6 heteroatoms. The van der Waals surface area contributed by atoms with Gasteiger partial charge in [-0.1, -0.05) is 48.6 Å². The predicted octanol–water partition coefficient (Wildman–Crippen LogP) is 2.93. The molecule has 26 heavy (non-hydrogen) atoms. The highest BCUT2D eigenvalue weighted by Gasteiger charge is 2.24. The van der Waals surface area contributed by atoms with Crippen LogP contribution in [0.1, 0.15) is 28.1 Å². The second kappa shape index (κ2) is 9.31. The number of likely N-dealkylation sites (tertiary alicyclic amines) is 1. The SMILES string of the molecule is O=C(NNC(=O)C1CCN(CC=Cc2ccccc2)CC1)c1cccs1. The summed E-state index contributed by atoms with van der Waals surface area (Å²) in [5.41, 5.74) is 6.25. The van der Waals surface area contributed by atoms with Gasteiger partial charge in [-0.15, -0.1) is 11.3 Å². The van der Waals surface area contributed by atoms with Gasteiger partial charge in [0.05, 0.1) is 4.88 Å². The standard InChI is InChI=1S/C20H23N3O2S/c24-19(21-22-20(25)18-9-5-15-26-18)17-10-13-23(14-11-17)12-4-8-16-6-2-1-3-7-16/h1-9,15,17H,10-14H2,(H,21,24)(H,22,25). The summed E-state index contributed by atoms with van der Waals surface area (Å²) in [6, 6.07) is 13.8. The molecule has 1 aromatic heterocycles. The summed E-state index contributed by atoms with van der Waals surface area (Å²) in [5, 5.41) is 1.83. The summed E-state index contributed by atoms with van der Waals surface area (Å²) in [6.45, 7) is 2.66. The van der Waals surface area contributed by atoms with Crippen LogP contribution in [0.25, 0.3) is 6.08 Å². The molecule has 2 aromatic rings. The Kier molecular flexibility index (Phi) is 6.57. The zero-order chi connectivity index (χ0) is 18.2. The third-order valence-corrected chi connectivity index (χ3v) is 5.34. The van der Waals surface area contributed by atoms with Gasteiger partial charge in [0.2, 0.25) is 5.91 Å². The van der Waals surface area contributed by atoms with Crippen LogP contribution in [-0.2, 0) is 4.79 Å². The summed E-state index contributed by atoms with van der Waals surface area (Å²) < 4.78 is 0. The van der Waals surface area contributed by atoms with Crippen molar-refractivity contribution >= 4 is 29.2 Å². The molecule has 1 fully saturated rings. The molecule has 2 heterocycles. The number of rotatable bonds is 5. The smallest absolute Gasteiger partial charge is 0.279 e. The second-order valence-electron chi connectivity index (χ2n) is 6.31. The number of nitrogens with zero attached hydrogens (tertiary/aromatic N) is 1. The molecule has 2 amide bonds. The normalized spacial score (nSPS) is 15.8. The lowest BCUT2D eigenvalue weighted by molar-refractivity contribution is -0.127. The fourth-order valence-corrected chi connectivity index (χ4v) is 3.59. The van der Waals surface area contributed by atoms with Crippen LogP contribution in [0.3, 0.4) is 0 Å². The molecule has 1 aliphatic rings. The van der Waals surface area contributed by atoms with Gasteiger partial charge >= 0.3 is 0 Å². The molecule has 136 valence electrons. The molecule has 0 saturated carbocycles. The van der Waals surface area contributed by atoms with Crippen molar-refractivity contribution in [3.05, 3.63) is 64.4 Å². The van der Waals surface area contributed by atoms with Gasteiger partial charge in [0.25, 0.3) is 5.91 Å². The van der Waals surface area contributed by atoms with E-state index in [0.717, 1.165) is 32.5 Å². The van der Waals surface area contributed by atoms with Crippen LogP contribution in [0.2, 0.25) is 0 Å². The van der Waals surface area contributed by atoms with Crippen molar-refractivity contribution in [1.82, 2.24) is 15.8 Å². The molecule has 0 atom stereocenters. The summed E-state index contributed by atoms with van der Waals surface area (Å²) >= 11 is 1.35. The Morgan fingerprint density at radius 2 is 1.85 bits per heavy atom. The maximum absolute atomic E-state index is 12.2. The van der Waals surface area contributed by atoms with Crippen molar-refractivity contribution in [2.45, 2.75) is 12.8 Å². The van der Waals surface area contributed by atoms with Crippen molar-refractivity contribution in [1.29, 1.82) is 0 Å². The first-order chi connectivity index (χ1) is 12.7. The van der Waals surface area contributed by atoms with Gasteiger partial charge in [-0.05, 0) is 42.9 Å². The fraction of sp³-hybridized carbons (Fsp3) is 0.300. The molecule has 3 rings (SSSR count). The van der Waals surface area contributed by atoms with E-state index in [4.69, 9.17) is 0 Å². The predicted molar refractivity (Wildman–Crippen MR) is 105 cm³/mol. The molecule has 0 spiro atoms. The summed E-state index contributed by atoms with van der Waals surface area (Å²) in [5.74, 6) is -0.417. The number of piperidine rings is 1. The van der Waals surface area contributed by atoms with E-state index in [0.29, 0.717) is 4.88 Å². The average molecular weight is 369 g/mol. The second-order valence-corrected chi connectivity index (χ2v) is 7.26. The Morgan fingerprint density at radius 1 is 1.08 bits per heavy atom. The molecule has 2 N–H and O–H groups in total. The topological polar surface area (TPSA) is 61.4 Å². The lowest BCUT2D eigenvalue weighted by Gasteiger charge is -2.30. The first-order valence-electron chi connectivity index (χ1n) is 8.80. The van der Waals surface area contributed by atoms with Crippen LogP contribution in [0.4, 0.5) is 0 Å². The highest BCUT2D eigenvalue weighted by atomic mass is 32.1. The van der Waals surface area contributed by atoms with Gasteiger partial charge < -0.3 is 0 Å². The van der Waals surface area contributed by atoms with Crippen LogP contribution in [0.5, 0.6) is 0 Å². The number of carbonyl (C=O) groups excluding carboxylic acids is 2. The van der Waals surface area contributed by atoms with Crippen LogP contribution < -0.4 is 10.9 Å². The maximum Gasteiger partial charge on any atom is 0.279 e. The van der Waals surface area contributed by atoms with Crippen LogP contribution in [-0.4, -0.2) is 36.3 Å². The third kappa shape index (κ3) is 5.28. The van der Waals surface area contributed by atoms with E-state index >= 15 is 0 Å². The van der Waals surface area contributed by atoms with Crippen LogP contribution in [0, 0.1) is 5.92 Å². The number of amides is 2. The zero-order valence-corrected chi connectivity index (χ0v) is 15.4. The van der Waals surface area contributed by atoms with Crippen molar-refractivity contribution < 1.29 is 9.59 Å². The number of carbonyl (C=O) groups is 2. The van der Waals surface area contributed by atoms with Crippen molar-refractivity contribution in [3.8, 4) is 0 Å². The molecule has 1 saturated heterocycles. The Balaban J connectivity index is 1.37. The number of benzene rings is 1. The van der Waals surface area contributed by atoms with Gasteiger partial charge in [-0.3, -0.25) is 25.3 Å². The minimum absolute atomic E-state index is 0.0482. The first kappa shape index (κ1) is 18.4. The fourth-order valence-electron chi connectivity index (χ4n) is 2.97. The molecule has 1 aromatic carbocycles. The van der Waals surface area contributed by atoms with Gasteiger partial charge in [-0.2, -0.15) is 0 Å². The molecule has 5 nitrogen and oxygen atoms in total. The Hall–Kier alpha value is -2.44. The Labute approximate surface area is 157 Å². The minimum Gasteiger partial charge on any atom is -0.300 e. The van der Waals surface area contributed by atoms with E-state index in [1.807, 2.05) is 29.6 Å². The zero-order valence-electron chi connectivity index (χ0n) is 14.6. The summed E-state index contributed by atoms with van der Waals surface area (Å²) in [4.78, 5) is 27.0. The molecule has 0 radical (unpaired) electrons. The monoisotopic (exact) mass is 369 g/mol. The lowest BCUT2D eigenvalue weighted by atomic mass is 9.96. The molecular formula is C20H23N3O2S. The molecule has 0 aliphatic carbocycles. The van der Waals surface area contributed by atoms with Gasteiger partial charge in [0.1, 0.15) is 0 Å². The minimum atomic E-state index is -0.267. The largest absolute Gasteiger partial charge is 0.300 e. The molecule has 0 unspecified atom stereocenters. The number of hydrogen-bond donors (Lipinski definition) is 2. The van der Waals surface area contributed by atoms with Crippen LogP contribution >= 0.6 is 11.3 Å². The quantitative estimate of drug-likeness (QED) is 0.797. The average Bonchev–Trinajstić information content (AvgIpc) is 3.22. The highest BCUT2D eigenvalue weighted by Crippen LogP contribution is 2.17. The number of nitrogens with one attached hydrogen (secondary N) is 2. The number of hydrogen-bond acceptors (Lipinski definition) is 4. The van der Waals surface area contributed by atoms with E-state index in [-0.39, 0.29) is 17.7 Å².